The van der Waals surface area contributed by atoms with Gasteiger partial charge in [0.05, 0.1) is 24.9 Å². The normalized spacial score (nSPS) is 9.14. The van der Waals surface area contributed by atoms with Crippen molar-refractivity contribution < 1.29 is 9.53 Å². The van der Waals surface area contributed by atoms with Crippen LogP contribution in [0.25, 0.3) is 0 Å². The van der Waals surface area contributed by atoms with Crippen LogP contribution in [0.3, 0.4) is 0 Å². The minimum Gasteiger partial charge on any atom is -0.469 e. The molecule has 1 rings (SSSR count). The summed E-state index contributed by atoms with van der Waals surface area (Å²) in [7, 11) is 1.30. The van der Waals surface area contributed by atoms with Gasteiger partial charge >= 0.3 is 5.97 Å². The number of aromatic nitrogens is 1. The van der Waals surface area contributed by atoms with Crippen LogP contribution < -0.4 is 5.73 Å². The summed E-state index contributed by atoms with van der Waals surface area (Å²) >= 11 is 0. The lowest BCUT2D eigenvalue weighted by molar-refractivity contribution is -0.139. The lowest BCUT2D eigenvalue weighted by atomic mass is 10.2. The third-order valence-electron chi connectivity index (χ3n) is 1.64. The first kappa shape index (κ1) is 9.99. The van der Waals surface area contributed by atoms with Crippen LogP contribution in [0.5, 0.6) is 0 Å². The van der Waals surface area contributed by atoms with Crippen molar-refractivity contribution in [2.45, 2.75) is 6.42 Å². The summed E-state index contributed by atoms with van der Waals surface area (Å²) in [6.45, 7) is 0. The molecule has 0 aliphatic heterocycles. The standard InChI is InChI=1S/C9H9N3O2/c1-14-9(13)4-6-2-3-7(11)8(5-10)12-6/h2-3H,4,11H2,1H3. The number of pyridine rings is 1. The summed E-state index contributed by atoms with van der Waals surface area (Å²) in [6.07, 6.45) is 0.0471. The van der Waals surface area contributed by atoms with E-state index in [0.29, 0.717) is 11.4 Å². The number of nitriles is 1. The number of hydrogen-bond acceptors (Lipinski definition) is 5. The second-order valence-electron chi connectivity index (χ2n) is 2.61. The summed E-state index contributed by atoms with van der Waals surface area (Å²) in [4.78, 5) is 14.8. The second kappa shape index (κ2) is 4.23. The molecule has 0 unspecified atom stereocenters. The highest BCUT2D eigenvalue weighted by atomic mass is 16.5. The van der Waals surface area contributed by atoms with Crippen molar-refractivity contribution in [1.82, 2.24) is 4.98 Å². The van der Waals surface area contributed by atoms with Gasteiger partial charge in [-0.25, -0.2) is 4.98 Å². The first-order valence-electron chi connectivity index (χ1n) is 3.89. The summed E-state index contributed by atoms with van der Waals surface area (Å²) in [6, 6.07) is 4.97. The number of carbonyl (C=O) groups is 1. The van der Waals surface area contributed by atoms with Gasteiger partial charge in [0.2, 0.25) is 0 Å². The molecule has 0 radical (unpaired) electrons. The first-order chi connectivity index (χ1) is 6.67. The third-order valence-corrected chi connectivity index (χ3v) is 1.64. The van der Waals surface area contributed by atoms with Crippen LogP contribution in [0.15, 0.2) is 12.1 Å². The number of carbonyl (C=O) groups excluding carboxylic acids is 1. The number of esters is 1. The summed E-state index contributed by atoms with van der Waals surface area (Å²) < 4.78 is 4.46. The van der Waals surface area contributed by atoms with E-state index in [2.05, 4.69) is 9.72 Å². The molecule has 72 valence electrons. The number of rotatable bonds is 2. The Kier molecular flexibility index (Phi) is 3.02. The lowest BCUT2D eigenvalue weighted by Gasteiger charge is -2.01. The Balaban J connectivity index is 2.91. The Morgan fingerprint density at radius 3 is 3.00 bits per heavy atom. The number of ether oxygens (including phenoxy) is 1. The van der Waals surface area contributed by atoms with E-state index in [1.54, 1.807) is 12.1 Å². The van der Waals surface area contributed by atoms with Gasteiger partial charge < -0.3 is 10.5 Å². The molecule has 0 fully saturated rings. The molecule has 0 saturated carbocycles. The number of hydrogen-bond donors (Lipinski definition) is 1. The van der Waals surface area contributed by atoms with Gasteiger partial charge in [-0.2, -0.15) is 5.26 Å². The number of nitrogen functional groups attached to an aromatic ring is 1. The summed E-state index contributed by atoms with van der Waals surface area (Å²) in [5, 5.41) is 8.63. The van der Waals surface area contributed by atoms with Crippen molar-refractivity contribution in [3.05, 3.63) is 23.5 Å². The predicted molar refractivity (Wildman–Crippen MR) is 49.1 cm³/mol. The SMILES string of the molecule is COC(=O)Cc1ccc(N)c(C#N)n1. The van der Waals surface area contributed by atoms with Crippen molar-refractivity contribution in [2.75, 3.05) is 12.8 Å². The summed E-state index contributed by atoms with van der Waals surface area (Å²) in [5.74, 6) is -0.397. The Morgan fingerprint density at radius 1 is 1.71 bits per heavy atom. The number of nitrogens with zero attached hydrogens (tertiary/aromatic N) is 2. The molecule has 0 atom stereocenters. The quantitative estimate of drug-likeness (QED) is 0.677. The molecule has 14 heavy (non-hydrogen) atoms. The number of anilines is 1. The van der Waals surface area contributed by atoms with Gasteiger partial charge in [0.1, 0.15) is 6.07 Å². The zero-order chi connectivity index (χ0) is 10.6. The summed E-state index contributed by atoms with van der Waals surface area (Å²) in [5.41, 5.74) is 6.37. The molecular formula is C9H9N3O2. The fourth-order valence-corrected chi connectivity index (χ4v) is 0.918. The Bertz CT molecular complexity index is 396. The van der Waals surface area contributed by atoms with E-state index >= 15 is 0 Å². The molecule has 0 saturated heterocycles. The molecule has 1 aromatic heterocycles. The van der Waals surface area contributed by atoms with Crippen LogP contribution in [-0.2, 0) is 16.0 Å². The molecule has 5 nitrogen and oxygen atoms in total. The van der Waals surface area contributed by atoms with Gasteiger partial charge in [0, 0.05) is 0 Å². The predicted octanol–water partition coefficient (Wildman–Crippen LogP) is 0.251. The zero-order valence-electron chi connectivity index (χ0n) is 7.65. The van der Waals surface area contributed by atoms with E-state index in [-0.39, 0.29) is 12.1 Å². The Morgan fingerprint density at radius 2 is 2.43 bits per heavy atom. The molecule has 0 spiro atoms. The lowest BCUT2D eigenvalue weighted by Crippen LogP contribution is -2.07. The van der Waals surface area contributed by atoms with Crippen molar-refractivity contribution in [1.29, 1.82) is 5.26 Å². The van der Waals surface area contributed by atoms with Gasteiger partial charge in [-0.3, -0.25) is 4.79 Å². The van der Waals surface area contributed by atoms with E-state index in [4.69, 9.17) is 11.0 Å². The van der Waals surface area contributed by atoms with E-state index < -0.39 is 5.97 Å². The van der Waals surface area contributed by atoms with Crippen LogP contribution in [-0.4, -0.2) is 18.1 Å². The smallest absolute Gasteiger partial charge is 0.311 e. The van der Waals surface area contributed by atoms with Crippen molar-refractivity contribution in [2.24, 2.45) is 0 Å². The minimum absolute atomic E-state index is 0.0471. The second-order valence-corrected chi connectivity index (χ2v) is 2.61. The molecular weight excluding hydrogens is 182 g/mol. The largest absolute Gasteiger partial charge is 0.469 e. The van der Waals surface area contributed by atoms with Crippen LogP contribution in [0.4, 0.5) is 5.69 Å². The van der Waals surface area contributed by atoms with Crippen LogP contribution >= 0.6 is 0 Å². The van der Waals surface area contributed by atoms with E-state index in [0.717, 1.165) is 0 Å². The Labute approximate surface area is 81.1 Å². The maximum absolute atomic E-state index is 10.9. The molecule has 0 bridgehead atoms. The van der Waals surface area contributed by atoms with E-state index in [9.17, 15) is 4.79 Å². The minimum atomic E-state index is -0.397. The molecule has 1 heterocycles. The van der Waals surface area contributed by atoms with Crippen LogP contribution in [0.1, 0.15) is 11.4 Å². The highest BCUT2D eigenvalue weighted by molar-refractivity contribution is 5.72. The molecule has 0 aliphatic rings. The highest BCUT2D eigenvalue weighted by Crippen LogP contribution is 2.09. The Hall–Kier alpha value is -2.09. The average Bonchev–Trinajstić information content (AvgIpc) is 2.20. The highest BCUT2D eigenvalue weighted by Gasteiger charge is 2.06. The number of nitrogens with two attached hydrogens (primary N) is 1. The van der Waals surface area contributed by atoms with Crippen molar-refractivity contribution in [3.63, 3.8) is 0 Å². The monoisotopic (exact) mass is 191 g/mol. The molecule has 0 aromatic carbocycles. The van der Waals surface area contributed by atoms with Gasteiger partial charge in [0.25, 0.3) is 0 Å². The van der Waals surface area contributed by atoms with Crippen molar-refractivity contribution in [3.8, 4) is 6.07 Å². The molecule has 2 N–H and O–H groups in total. The topological polar surface area (TPSA) is 89.0 Å². The van der Waals surface area contributed by atoms with E-state index in [1.165, 1.54) is 7.11 Å². The fraction of sp³-hybridized carbons (Fsp3) is 0.222. The molecule has 0 amide bonds. The van der Waals surface area contributed by atoms with Crippen LogP contribution in [0, 0.1) is 11.3 Å². The van der Waals surface area contributed by atoms with Gasteiger partial charge in [-0.1, -0.05) is 0 Å². The first-order valence-corrected chi connectivity index (χ1v) is 3.89. The zero-order valence-corrected chi connectivity index (χ0v) is 7.65. The molecule has 5 heteroatoms. The van der Waals surface area contributed by atoms with Gasteiger partial charge in [-0.15, -0.1) is 0 Å². The van der Waals surface area contributed by atoms with Gasteiger partial charge in [-0.05, 0) is 12.1 Å². The maximum atomic E-state index is 10.9. The molecule has 0 aliphatic carbocycles. The number of methoxy groups -OCH3 is 1. The third kappa shape index (κ3) is 2.20. The van der Waals surface area contributed by atoms with Gasteiger partial charge in [0.15, 0.2) is 5.69 Å². The average molecular weight is 191 g/mol. The van der Waals surface area contributed by atoms with Crippen LogP contribution in [0.2, 0.25) is 0 Å². The van der Waals surface area contributed by atoms with E-state index in [1.807, 2.05) is 6.07 Å². The fourth-order valence-electron chi connectivity index (χ4n) is 0.918. The molecule has 1 aromatic rings. The maximum Gasteiger partial charge on any atom is 0.311 e. The van der Waals surface area contributed by atoms with Crippen molar-refractivity contribution >= 4 is 11.7 Å².